The van der Waals surface area contributed by atoms with E-state index in [-0.39, 0.29) is 10.8 Å². The minimum Gasteiger partial charge on any atom is -0.311 e. The monoisotopic (exact) mass is 241 g/mol. The molecule has 3 heteroatoms. The molecule has 0 aliphatic carbocycles. The lowest BCUT2D eigenvalue weighted by Crippen LogP contribution is -2.26. The number of hydrogen-bond acceptors (Lipinski definition) is 1. The second-order valence-corrected chi connectivity index (χ2v) is 4.25. The Bertz CT molecular complexity index is 388. The van der Waals surface area contributed by atoms with E-state index < -0.39 is 0 Å². The number of rotatable bonds is 4. The van der Waals surface area contributed by atoms with Gasteiger partial charge in [0.1, 0.15) is 5.82 Å². The number of benzene rings is 1. The maximum absolute atomic E-state index is 13.0. The van der Waals surface area contributed by atoms with Crippen LogP contribution in [0, 0.1) is 5.82 Å². The molecule has 0 aliphatic heterocycles. The molecule has 1 atom stereocenters. The van der Waals surface area contributed by atoms with E-state index >= 15 is 0 Å². The summed E-state index contributed by atoms with van der Waals surface area (Å²) in [6.07, 6.45) is 2.01. The van der Waals surface area contributed by atoms with Crippen molar-refractivity contribution in [1.29, 1.82) is 0 Å². The van der Waals surface area contributed by atoms with E-state index in [2.05, 4.69) is 19.2 Å². The van der Waals surface area contributed by atoms with Crippen LogP contribution in [0.2, 0.25) is 5.02 Å². The molecule has 1 aromatic rings. The van der Waals surface area contributed by atoms with Gasteiger partial charge in [-0.25, -0.2) is 4.39 Å². The molecule has 0 saturated carbocycles. The zero-order chi connectivity index (χ0) is 12.1. The van der Waals surface area contributed by atoms with Crippen molar-refractivity contribution in [2.24, 2.45) is 0 Å². The Morgan fingerprint density at radius 2 is 2.25 bits per heavy atom. The highest BCUT2D eigenvalue weighted by Crippen LogP contribution is 2.18. The first-order chi connectivity index (χ1) is 7.54. The van der Waals surface area contributed by atoms with Gasteiger partial charge in [0, 0.05) is 6.04 Å². The van der Waals surface area contributed by atoms with E-state index in [4.69, 9.17) is 11.6 Å². The highest BCUT2D eigenvalue weighted by Gasteiger charge is 2.03. The van der Waals surface area contributed by atoms with Gasteiger partial charge in [0.2, 0.25) is 0 Å². The number of halogens is 2. The fourth-order valence-electron chi connectivity index (χ4n) is 1.46. The first kappa shape index (κ1) is 13.2. The molecule has 0 spiro atoms. The lowest BCUT2D eigenvalue weighted by molar-refractivity contribution is 0.628. The Balaban J connectivity index is 2.85. The molecule has 1 nitrogen and oxygen atoms in total. The summed E-state index contributed by atoms with van der Waals surface area (Å²) in [7, 11) is 0. The predicted molar refractivity (Wildman–Crippen MR) is 68.2 cm³/mol. The highest BCUT2D eigenvalue weighted by molar-refractivity contribution is 6.30. The van der Waals surface area contributed by atoms with Crippen molar-refractivity contribution in [3.63, 3.8) is 0 Å². The van der Waals surface area contributed by atoms with Gasteiger partial charge in [-0.3, -0.25) is 0 Å². The second kappa shape index (κ2) is 6.02. The lowest BCUT2D eigenvalue weighted by atomic mass is 10.1. The van der Waals surface area contributed by atoms with Crippen LogP contribution in [0.4, 0.5) is 4.39 Å². The topological polar surface area (TPSA) is 12.0 Å². The van der Waals surface area contributed by atoms with Gasteiger partial charge >= 0.3 is 0 Å². The van der Waals surface area contributed by atoms with Crippen molar-refractivity contribution in [2.75, 3.05) is 6.54 Å². The molecular formula is C13H17ClFN. The molecule has 16 heavy (non-hydrogen) atoms. The zero-order valence-corrected chi connectivity index (χ0v) is 10.6. The minimum absolute atomic E-state index is 0.164. The summed E-state index contributed by atoms with van der Waals surface area (Å²) in [5, 5.41) is 3.48. The third-order valence-corrected chi connectivity index (χ3v) is 2.82. The Morgan fingerprint density at radius 3 is 2.81 bits per heavy atom. The third-order valence-electron chi connectivity index (χ3n) is 2.53. The van der Waals surface area contributed by atoms with Gasteiger partial charge in [0.25, 0.3) is 0 Å². The van der Waals surface area contributed by atoms with Crippen LogP contribution in [0.25, 0.3) is 6.08 Å². The van der Waals surface area contributed by atoms with Crippen LogP contribution in [0.5, 0.6) is 0 Å². The SMILES string of the molecule is CCNC(C)/C(C)=C/c1ccc(F)c(Cl)c1. The fourth-order valence-corrected chi connectivity index (χ4v) is 1.65. The maximum Gasteiger partial charge on any atom is 0.141 e. The van der Waals surface area contributed by atoms with Crippen molar-refractivity contribution in [1.82, 2.24) is 5.32 Å². The van der Waals surface area contributed by atoms with Crippen molar-refractivity contribution in [3.05, 3.63) is 40.2 Å². The van der Waals surface area contributed by atoms with Gasteiger partial charge in [-0.2, -0.15) is 0 Å². The first-order valence-corrected chi connectivity index (χ1v) is 5.79. The van der Waals surface area contributed by atoms with Gasteiger partial charge in [0.05, 0.1) is 5.02 Å². The lowest BCUT2D eigenvalue weighted by Gasteiger charge is -2.13. The average molecular weight is 242 g/mol. The van der Waals surface area contributed by atoms with Crippen molar-refractivity contribution >= 4 is 17.7 Å². The molecule has 0 radical (unpaired) electrons. The van der Waals surface area contributed by atoms with E-state index in [0.717, 1.165) is 12.1 Å². The Labute approximate surface area is 101 Å². The van der Waals surface area contributed by atoms with E-state index in [0.29, 0.717) is 6.04 Å². The van der Waals surface area contributed by atoms with Crippen molar-refractivity contribution in [2.45, 2.75) is 26.8 Å². The maximum atomic E-state index is 13.0. The van der Waals surface area contributed by atoms with Crippen LogP contribution in [0.3, 0.4) is 0 Å². The Kier molecular flexibility index (Phi) is 4.97. The smallest absolute Gasteiger partial charge is 0.141 e. The molecule has 0 saturated heterocycles. The summed E-state index contributed by atoms with van der Waals surface area (Å²) >= 11 is 5.72. The molecule has 1 N–H and O–H groups in total. The van der Waals surface area contributed by atoms with Crippen LogP contribution < -0.4 is 5.32 Å². The van der Waals surface area contributed by atoms with E-state index in [9.17, 15) is 4.39 Å². The van der Waals surface area contributed by atoms with Gasteiger partial charge in [-0.1, -0.05) is 36.2 Å². The molecule has 0 heterocycles. The summed E-state index contributed by atoms with van der Waals surface area (Å²) < 4.78 is 13.0. The predicted octanol–water partition coefficient (Wildman–Crippen LogP) is 3.88. The van der Waals surface area contributed by atoms with Crippen LogP contribution in [-0.2, 0) is 0 Å². The van der Waals surface area contributed by atoms with Crippen LogP contribution in [-0.4, -0.2) is 12.6 Å². The quantitative estimate of drug-likeness (QED) is 0.844. The fraction of sp³-hybridized carbons (Fsp3) is 0.385. The molecule has 0 aliphatic rings. The van der Waals surface area contributed by atoms with E-state index in [1.54, 1.807) is 12.1 Å². The van der Waals surface area contributed by atoms with Gasteiger partial charge in [0.15, 0.2) is 0 Å². The van der Waals surface area contributed by atoms with Crippen molar-refractivity contribution in [3.8, 4) is 0 Å². The molecule has 0 fully saturated rings. The molecule has 88 valence electrons. The Hall–Kier alpha value is -0.860. The highest BCUT2D eigenvalue weighted by atomic mass is 35.5. The molecular weight excluding hydrogens is 225 g/mol. The molecule has 0 bridgehead atoms. The molecule has 1 rings (SSSR count). The van der Waals surface area contributed by atoms with Crippen LogP contribution in [0.15, 0.2) is 23.8 Å². The first-order valence-electron chi connectivity index (χ1n) is 5.41. The average Bonchev–Trinajstić information content (AvgIpc) is 2.24. The normalized spacial score (nSPS) is 13.9. The zero-order valence-electron chi connectivity index (χ0n) is 9.85. The summed E-state index contributed by atoms with van der Waals surface area (Å²) in [4.78, 5) is 0. The minimum atomic E-state index is -0.379. The summed E-state index contributed by atoms with van der Waals surface area (Å²) in [6, 6.07) is 5.07. The van der Waals surface area contributed by atoms with Gasteiger partial charge < -0.3 is 5.32 Å². The van der Waals surface area contributed by atoms with E-state index in [1.165, 1.54) is 11.6 Å². The van der Waals surface area contributed by atoms with Crippen molar-refractivity contribution < 1.29 is 4.39 Å². The summed E-state index contributed by atoms with van der Waals surface area (Å²) in [5.74, 6) is -0.379. The molecule has 1 aromatic carbocycles. The molecule has 0 amide bonds. The molecule has 0 aromatic heterocycles. The number of nitrogens with one attached hydrogen (secondary N) is 1. The van der Waals surface area contributed by atoms with Crippen LogP contribution in [0.1, 0.15) is 26.3 Å². The standard InChI is InChI=1S/C13H17ClFN/c1-4-16-10(3)9(2)7-11-5-6-13(15)12(14)8-11/h5-8,10,16H,4H2,1-3H3/b9-7+. The summed E-state index contributed by atoms with van der Waals surface area (Å²) in [6.45, 7) is 7.14. The van der Waals surface area contributed by atoms with E-state index in [1.807, 2.05) is 13.0 Å². The summed E-state index contributed by atoms with van der Waals surface area (Å²) in [5.41, 5.74) is 2.12. The number of likely N-dealkylation sites (N-methyl/N-ethyl adjacent to an activating group) is 1. The van der Waals surface area contributed by atoms with Gasteiger partial charge in [-0.15, -0.1) is 0 Å². The largest absolute Gasteiger partial charge is 0.311 e. The third kappa shape index (κ3) is 3.62. The Morgan fingerprint density at radius 1 is 1.56 bits per heavy atom. The number of hydrogen-bond donors (Lipinski definition) is 1. The molecule has 1 unspecified atom stereocenters. The van der Waals surface area contributed by atoms with Crippen LogP contribution >= 0.6 is 11.6 Å². The van der Waals surface area contributed by atoms with Gasteiger partial charge in [-0.05, 0) is 38.1 Å². The second-order valence-electron chi connectivity index (χ2n) is 3.84.